The summed E-state index contributed by atoms with van der Waals surface area (Å²) in [6, 6.07) is 1.75. The van der Waals surface area contributed by atoms with Gasteiger partial charge >= 0.3 is 0 Å². The van der Waals surface area contributed by atoms with Crippen LogP contribution >= 0.6 is 11.8 Å². The second kappa shape index (κ2) is 4.52. The van der Waals surface area contributed by atoms with Gasteiger partial charge in [0.2, 0.25) is 0 Å². The molecular weight excluding hydrogens is 222 g/mol. The number of nitrogens with one attached hydrogen (secondary N) is 1. The Balaban J connectivity index is 2.04. The Morgan fingerprint density at radius 2 is 2.19 bits per heavy atom. The van der Waals surface area contributed by atoms with Gasteiger partial charge in [-0.2, -0.15) is 0 Å². The molecule has 2 aromatic heterocycles. The average molecular weight is 235 g/mol. The van der Waals surface area contributed by atoms with Gasteiger partial charge in [-0.25, -0.2) is 15.0 Å². The fourth-order valence-corrected chi connectivity index (χ4v) is 2.13. The molecule has 84 valence electrons. The van der Waals surface area contributed by atoms with Crippen molar-refractivity contribution >= 4 is 17.6 Å². The van der Waals surface area contributed by atoms with E-state index in [-0.39, 0.29) is 0 Å². The van der Waals surface area contributed by atoms with E-state index in [1.807, 2.05) is 20.0 Å². The molecule has 0 amide bonds. The largest absolute Gasteiger partial charge is 0.384 e. The molecule has 0 aliphatic carbocycles. The number of nitrogen functional groups attached to an aromatic ring is 1. The molecule has 0 radical (unpaired) electrons. The minimum atomic E-state index is 0.510. The number of anilines is 1. The first kappa shape index (κ1) is 10.9. The van der Waals surface area contributed by atoms with E-state index < -0.39 is 0 Å². The molecule has 0 aliphatic heterocycles. The highest BCUT2D eigenvalue weighted by Crippen LogP contribution is 2.19. The molecule has 0 bridgehead atoms. The van der Waals surface area contributed by atoms with E-state index in [9.17, 15) is 0 Å². The van der Waals surface area contributed by atoms with Crippen LogP contribution in [0.25, 0.3) is 0 Å². The smallest absolute Gasteiger partial charge is 0.190 e. The van der Waals surface area contributed by atoms with Gasteiger partial charge in [-0.05, 0) is 13.8 Å². The van der Waals surface area contributed by atoms with Crippen molar-refractivity contribution in [3.63, 3.8) is 0 Å². The number of nitrogens with two attached hydrogens (primary N) is 1. The first-order valence-electron chi connectivity index (χ1n) is 4.88. The molecule has 6 heteroatoms. The van der Waals surface area contributed by atoms with Gasteiger partial charge in [0.05, 0.1) is 0 Å². The minimum absolute atomic E-state index is 0.510. The molecule has 2 aromatic rings. The van der Waals surface area contributed by atoms with Crippen molar-refractivity contribution in [2.45, 2.75) is 24.8 Å². The SMILES string of the molecule is Cc1cc(N)nc(SCc2cnc(C)[nH]2)n1. The van der Waals surface area contributed by atoms with E-state index in [2.05, 4.69) is 19.9 Å². The summed E-state index contributed by atoms with van der Waals surface area (Å²) in [5.41, 5.74) is 7.59. The molecule has 0 aliphatic rings. The van der Waals surface area contributed by atoms with Crippen molar-refractivity contribution in [3.05, 3.63) is 29.5 Å². The molecule has 2 heterocycles. The topological polar surface area (TPSA) is 80.5 Å². The van der Waals surface area contributed by atoms with Crippen molar-refractivity contribution in [2.75, 3.05) is 5.73 Å². The average Bonchev–Trinajstić information content (AvgIpc) is 2.60. The molecular formula is C10H13N5S. The van der Waals surface area contributed by atoms with Crippen molar-refractivity contribution < 1.29 is 0 Å². The normalized spacial score (nSPS) is 10.6. The lowest BCUT2D eigenvalue weighted by atomic mass is 10.4. The second-order valence-corrected chi connectivity index (χ2v) is 4.44. The number of thioether (sulfide) groups is 1. The molecule has 3 N–H and O–H groups in total. The van der Waals surface area contributed by atoms with E-state index >= 15 is 0 Å². The van der Waals surface area contributed by atoms with Crippen molar-refractivity contribution in [3.8, 4) is 0 Å². The highest BCUT2D eigenvalue weighted by molar-refractivity contribution is 7.98. The number of aromatic nitrogens is 4. The zero-order valence-electron chi connectivity index (χ0n) is 9.19. The summed E-state index contributed by atoms with van der Waals surface area (Å²) >= 11 is 1.54. The summed E-state index contributed by atoms with van der Waals surface area (Å²) in [4.78, 5) is 15.7. The van der Waals surface area contributed by atoms with E-state index in [1.54, 1.807) is 17.8 Å². The summed E-state index contributed by atoms with van der Waals surface area (Å²) in [5, 5.41) is 0.699. The van der Waals surface area contributed by atoms with Crippen LogP contribution < -0.4 is 5.73 Å². The monoisotopic (exact) mass is 235 g/mol. The summed E-state index contributed by atoms with van der Waals surface area (Å²) in [6.07, 6.45) is 1.82. The van der Waals surface area contributed by atoms with E-state index in [0.717, 1.165) is 23.0 Å². The number of rotatable bonds is 3. The molecule has 0 fully saturated rings. The Hall–Kier alpha value is -1.56. The first-order chi connectivity index (χ1) is 7.63. The van der Waals surface area contributed by atoms with Crippen molar-refractivity contribution in [2.24, 2.45) is 0 Å². The molecule has 5 nitrogen and oxygen atoms in total. The third-order valence-electron chi connectivity index (χ3n) is 1.97. The predicted molar refractivity (Wildman–Crippen MR) is 64.1 cm³/mol. The number of aromatic amines is 1. The van der Waals surface area contributed by atoms with Crippen LogP contribution in [0.3, 0.4) is 0 Å². The Bertz CT molecular complexity index is 473. The van der Waals surface area contributed by atoms with Crippen LogP contribution in [-0.2, 0) is 5.75 Å². The number of aryl methyl sites for hydroxylation is 2. The minimum Gasteiger partial charge on any atom is -0.384 e. The van der Waals surface area contributed by atoms with Gasteiger partial charge < -0.3 is 10.7 Å². The summed E-state index contributed by atoms with van der Waals surface area (Å²) in [7, 11) is 0. The molecule has 0 unspecified atom stereocenters. The molecule has 0 saturated heterocycles. The van der Waals surface area contributed by atoms with Crippen LogP contribution in [0, 0.1) is 13.8 Å². The van der Waals surface area contributed by atoms with E-state index in [4.69, 9.17) is 5.73 Å². The number of nitrogens with zero attached hydrogens (tertiary/aromatic N) is 3. The lowest BCUT2D eigenvalue weighted by Crippen LogP contribution is -1.96. The Morgan fingerprint density at radius 1 is 1.38 bits per heavy atom. The van der Waals surface area contributed by atoms with Crippen LogP contribution in [0.5, 0.6) is 0 Å². The van der Waals surface area contributed by atoms with Crippen LogP contribution in [0.2, 0.25) is 0 Å². The lowest BCUT2D eigenvalue weighted by molar-refractivity contribution is 0.939. The number of hydrogen-bond donors (Lipinski definition) is 2. The second-order valence-electron chi connectivity index (χ2n) is 3.50. The quantitative estimate of drug-likeness (QED) is 0.625. The van der Waals surface area contributed by atoms with Gasteiger partial charge in [0.25, 0.3) is 0 Å². The maximum absolute atomic E-state index is 5.65. The van der Waals surface area contributed by atoms with Gasteiger partial charge in [0.15, 0.2) is 5.16 Å². The Labute approximate surface area is 97.9 Å². The maximum atomic E-state index is 5.65. The Kier molecular flexibility index (Phi) is 3.09. The molecule has 0 saturated carbocycles. The molecule has 0 spiro atoms. The third-order valence-corrected chi connectivity index (χ3v) is 2.86. The van der Waals surface area contributed by atoms with E-state index in [1.165, 1.54) is 0 Å². The summed E-state index contributed by atoms with van der Waals surface area (Å²) in [6.45, 7) is 3.83. The first-order valence-corrected chi connectivity index (χ1v) is 5.86. The van der Waals surface area contributed by atoms with Crippen LogP contribution in [0.1, 0.15) is 17.2 Å². The Morgan fingerprint density at radius 3 is 2.81 bits per heavy atom. The van der Waals surface area contributed by atoms with Crippen molar-refractivity contribution in [1.29, 1.82) is 0 Å². The summed E-state index contributed by atoms with van der Waals surface area (Å²) in [5.74, 6) is 2.19. The summed E-state index contributed by atoms with van der Waals surface area (Å²) < 4.78 is 0. The van der Waals surface area contributed by atoms with Gasteiger partial charge in [-0.3, -0.25) is 0 Å². The third kappa shape index (κ3) is 2.73. The van der Waals surface area contributed by atoms with Gasteiger partial charge in [0, 0.05) is 29.4 Å². The number of hydrogen-bond acceptors (Lipinski definition) is 5. The zero-order valence-corrected chi connectivity index (χ0v) is 10.0. The fraction of sp³-hybridized carbons (Fsp3) is 0.300. The zero-order chi connectivity index (χ0) is 11.5. The highest BCUT2D eigenvalue weighted by Gasteiger charge is 2.03. The maximum Gasteiger partial charge on any atom is 0.190 e. The standard InChI is InChI=1S/C10H13N5S/c1-6-3-9(11)15-10(13-6)16-5-8-4-12-7(2)14-8/h3-4H,5H2,1-2H3,(H,12,14)(H2,11,13,15). The number of imidazole rings is 1. The van der Waals surface area contributed by atoms with Crippen molar-refractivity contribution in [1.82, 2.24) is 19.9 Å². The molecule has 0 atom stereocenters. The molecule has 2 rings (SSSR count). The van der Waals surface area contributed by atoms with Gasteiger partial charge in [-0.1, -0.05) is 11.8 Å². The highest BCUT2D eigenvalue weighted by atomic mass is 32.2. The van der Waals surface area contributed by atoms with Gasteiger partial charge in [-0.15, -0.1) is 0 Å². The molecule has 0 aromatic carbocycles. The van der Waals surface area contributed by atoms with E-state index in [0.29, 0.717) is 11.0 Å². The predicted octanol–water partition coefficient (Wildman–Crippen LogP) is 1.69. The van der Waals surface area contributed by atoms with Gasteiger partial charge in [0.1, 0.15) is 11.6 Å². The number of H-pyrrole nitrogens is 1. The fourth-order valence-electron chi connectivity index (χ4n) is 1.32. The van der Waals surface area contributed by atoms with Crippen LogP contribution in [-0.4, -0.2) is 19.9 Å². The van der Waals surface area contributed by atoms with Crippen LogP contribution in [0.4, 0.5) is 5.82 Å². The lowest BCUT2D eigenvalue weighted by Gasteiger charge is -2.01. The van der Waals surface area contributed by atoms with Crippen LogP contribution in [0.15, 0.2) is 17.4 Å². The molecule has 16 heavy (non-hydrogen) atoms.